The molecule has 146 valence electrons. The van der Waals surface area contributed by atoms with Crippen molar-refractivity contribution in [2.45, 2.75) is 0 Å². The van der Waals surface area contributed by atoms with Gasteiger partial charge in [0.1, 0.15) is 11.3 Å². The molecule has 0 atom stereocenters. The van der Waals surface area contributed by atoms with Crippen LogP contribution in [-0.2, 0) is 0 Å². The van der Waals surface area contributed by atoms with E-state index in [1.54, 1.807) is 36.4 Å². The van der Waals surface area contributed by atoms with Crippen LogP contribution in [-0.4, -0.2) is 16.9 Å². The molecule has 0 aliphatic rings. The SMILES string of the molecule is O=C(Oc1c(Cl)cc(C(=O)Oc2ccccc2)c([N+](=O)[O-])c1Cl)c1ccccc1. The van der Waals surface area contributed by atoms with E-state index in [1.807, 2.05) is 0 Å². The molecule has 7 nitrogen and oxygen atoms in total. The molecular formula is C20H11Cl2NO6. The van der Waals surface area contributed by atoms with E-state index in [0.717, 1.165) is 6.07 Å². The van der Waals surface area contributed by atoms with Crippen LogP contribution in [0.25, 0.3) is 0 Å². The molecule has 0 fully saturated rings. The van der Waals surface area contributed by atoms with Crippen molar-refractivity contribution >= 4 is 40.8 Å². The van der Waals surface area contributed by atoms with E-state index in [2.05, 4.69) is 0 Å². The van der Waals surface area contributed by atoms with Gasteiger partial charge in [0.2, 0.25) is 0 Å². The fourth-order valence-corrected chi connectivity index (χ4v) is 3.00. The zero-order valence-corrected chi connectivity index (χ0v) is 16.0. The minimum Gasteiger partial charge on any atom is -0.423 e. The minimum absolute atomic E-state index is 0.179. The first kappa shape index (κ1) is 20.3. The Balaban J connectivity index is 1.99. The minimum atomic E-state index is -1.03. The van der Waals surface area contributed by atoms with Crippen LogP contribution < -0.4 is 9.47 Å². The number of hydrogen-bond donors (Lipinski definition) is 0. The van der Waals surface area contributed by atoms with Crippen molar-refractivity contribution < 1.29 is 24.0 Å². The first-order valence-electron chi connectivity index (χ1n) is 8.09. The van der Waals surface area contributed by atoms with Gasteiger partial charge in [-0.25, -0.2) is 9.59 Å². The monoisotopic (exact) mass is 431 g/mol. The molecule has 0 aliphatic carbocycles. The van der Waals surface area contributed by atoms with Crippen molar-refractivity contribution in [1.82, 2.24) is 0 Å². The topological polar surface area (TPSA) is 95.7 Å². The highest BCUT2D eigenvalue weighted by Gasteiger charge is 2.32. The van der Waals surface area contributed by atoms with Gasteiger partial charge in [0.25, 0.3) is 0 Å². The van der Waals surface area contributed by atoms with Gasteiger partial charge in [-0.05, 0) is 30.3 Å². The third-order valence-corrected chi connectivity index (χ3v) is 4.34. The van der Waals surface area contributed by atoms with Gasteiger partial charge in [-0.1, -0.05) is 59.6 Å². The van der Waals surface area contributed by atoms with Crippen LogP contribution >= 0.6 is 23.2 Å². The molecule has 0 spiro atoms. The average molecular weight is 432 g/mol. The van der Waals surface area contributed by atoms with Gasteiger partial charge in [0, 0.05) is 0 Å². The maximum absolute atomic E-state index is 12.4. The number of rotatable bonds is 5. The van der Waals surface area contributed by atoms with Crippen LogP contribution in [0.3, 0.4) is 0 Å². The molecule has 3 rings (SSSR count). The molecule has 0 saturated carbocycles. The van der Waals surface area contributed by atoms with Crippen molar-refractivity contribution in [1.29, 1.82) is 0 Å². The lowest BCUT2D eigenvalue weighted by Gasteiger charge is -2.11. The van der Waals surface area contributed by atoms with Gasteiger partial charge in [0.15, 0.2) is 10.8 Å². The molecule has 0 bridgehead atoms. The van der Waals surface area contributed by atoms with Crippen LogP contribution in [0.15, 0.2) is 66.7 Å². The van der Waals surface area contributed by atoms with Crippen molar-refractivity contribution in [2.24, 2.45) is 0 Å². The summed E-state index contributed by atoms with van der Waals surface area (Å²) < 4.78 is 10.3. The molecule has 0 heterocycles. The number of benzene rings is 3. The fourth-order valence-electron chi connectivity index (χ4n) is 2.40. The predicted molar refractivity (Wildman–Crippen MR) is 106 cm³/mol. The number of nitro groups is 1. The second-order valence-electron chi connectivity index (χ2n) is 5.61. The van der Waals surface area contributed by atoms with E-state index in [0.29, 0.717) is 0 Å². The van der Waals surface area contributed by atoms with E-state index >= 15 is 0 Å². The van der Waals surface area contributed by atoms with Crippen LogP contribution in [0.2, 0.25) is 10.0 Å². The summed E-state index contributed by atoms with van der Waals surface area (Å²) in [5, 5.41) is 10.7. The Morgan fingerprint density at radius 2 is 1.45 bits per heavy atom. The van der Waals surface area contributed by atoms with Crippen molar-refractivity contribution in [3.8, 4) is 11.5 Å². The lowest BCUT2D eigenvalue weighted by Crippen LogP contribution is -2.14. The number of halogens is 2. The largest absolute Gasteiger partial charge is 0.423 e. The smallest absolute Gasteiger partial charge is 0.350 e. The summed E-state index contributed by atoms with van der Waals surface area (Å²) in [6, 6.07) is 16.9. The summed E-state index contributed by atoms with van der Waals surface area (Å²) in [4.78, 5) is 35.4. The first-order valence-corrected chi connectivity index (χ1v) is 8.85. The molecular weight excluding hydrogens is 421 g/mol. The van der Waals surface area contributed by atoms with Crippen LogP contribution in [0.5, 0.6) is 11.5 Å². The third-order valence-electron chi connectivity index (χ3n) is 3.71. The van der Waals surface area contributed by atoms with Gasteiger partial charge < -0.3 is 9.47 Å². The van der Waals surface area contributed by atoms with Crippen LogP contribution in [0, 0.1) is 10.1 Å². The number of nitro benzene ring substituents is 1. The molecule has 0 unspecified atom stereocenters. The fraction of sp³-hybridized carbons (Fsp3) is 0. The maximum Gasteiger partial charge on any atom is 0.350 e. The van der Waals surface area contributed by atoms with Gasteiger partial charge in [0.05, 0.1) is 15.5 Å². The van der Waals surface area contributed by atoms with E-state index in [9.17, 15) is 19.7 Å². The van der Waals surface area contributed by atoms with Gasteiger partial charge in [-0.2, -0.15) is 0 Å². The lowest BCUT2D eigenvalue weighted by atomic mass is 10.1. The normalized spacial score (nSPS) is 10.3. The molecule has 0 aliphatic heterocycles. The van der Waals surface area contributed by atoms with E-state index < -0.39 is 38.9 Å². The number of para-hydroxylation sites is 1. The van der Waals surface area contributed by atoms with E-state index in [-0.39, 0.29) is 16.3 Å². The highest BCUT2D eigenvalue weighted by Crippen LogP contribution is 2.43. The molecule has 29 heavy (non-hydrogen) atoms. The molecule has 0 radical (unpaired) electrons. The molecule has 9 heteroatoms. The highest BCUT2D eigenvalue weighted by atomic mass is 35.5. The Hall–Kier alpha value is -3.42. The van der Waals surface area contributed by atoms with Gasteiger partial charge in [-0.3, -0.25) is 10.1 Å². The van der Waals surface area contributed by atoms with E-state index in [4.69, 9.17) is 32.7 Å². The Morgan fingerprint density at radius 1 is 0.862 bits per heavy atom. The Labute approximate surface area is 174 Å². The molecule has 0 N–H and O–H groups in total. The first-order chi connectivity index (χ1) is 13.9. The quantitative estimate of drug-likeness (QED) is 0.234. The molecule has 0 saturated heterocycles. The molecule has 0 aromatic heterocycles. The van der Waals surface area contributed by atoms with Crippen molar-refractivity contribution in [3.05, 3.63) is 98.0 Å². The van der Waals surface area contributed by atoms with Crippen LogP contribution in [0.1, 0.15) is 20.7 Å². The zero-order chi connectivity index (χ0) is 21.0. The van der Waals surface area contributed by atoms with Crippen molar-refractivity contribution in [3.63, 3.8) is 0 Å². The molecule has 3 aromatic carbocycles. The second kappa shape index (κ2) is 8.72. The van der Waals surface area contributed by atoms with Gasteiger partial charge in [-0.15, -0.1) is 0 Å². The standard InChI is InChI=1S/C20H11Cl2NO6/c21-15-11-14(20(25)28-13-9-5-2-6-10-13)17(23(26)27)16(22)18(15)29-19(24)12-7-3-1-4-8-12/h1-11H. The van der Waals surface area contributed by atoms with Crippen LogP contribution in [0.4, 0.5) is 5.69 Å². The summed E-state index contributed by atoms with van der Waals surface area (Å²) in [5.74, 6) is -2.10. The van der Waals surface area contributed by atoms with Gasteiger partial charge >= 0.3 is 17.6 Å². The van der Waals surface area contributed by atoms with E-state index in [1.165, 1.54) is 24.3 Å². The molecule has 0 amide bonds. The lowest BCUT2D eigenvalue weighted by molar-refractivity contribution is -0.385. The Kier molecular flexibility index (Phi) is 6.11. The summed E-state index contributed by atoms with van der Waals surface area (Å²) in [6.45, 7) is 0. The second-order valence-corrected chi connectivity index (χ2v) is 6.40. The zero-order valence-electron chi connectivity index (χ0n) is 14.5. The number of esters is 2. The Bertz CT molecular complexity index is 1090. The summed E-state index contributed by atoms with van der Waals surface area (Å²) in [6.07, 6.45) is 0. The number of ether oxygens (including phenoxy) is 2. The summed E-state index contributed by atoms with van der Waals surface area (Å²) in [7, 11) is 0. The number of hydrogen-bond acceptors (Lipinski definition) is 6. The third kappa shape index (κ3) is 4.53. The maximum atomic E-state index is 12.4. The summed E-state index contributed by atoms with van der Waals surface area (Å²) >= 11 is 12.2. The predicted octanol–water partition coefficient (Wildman–Crippen LogP) is 5.34. The average Bonchev–Trinajstić information content (AvgIpc) is 2.71. The van der Waals surface area contributed by atoms with Crippen molar-refractivity contribution in [2.75, 3.05) is 0 Å². The Morgan fingerprint density at radius 3 is 2.03 bits per heavy atom. The number of nitrogens with zero attached hydrogens (tertiary/aromatic N) is 1. The number of carbonyl (C=O) groups is 2. The number of carbonyl (C=O) groups excluding carboxylic acids is 2. The highest BCUT2D eigenvalue weighted by molar-refractivity contribution is 6.39. The summed E-state index contributed by atoms with van der Waals surface area (Å²) in [5.41, 5.74) is -1.07. The molecule has 3 aromatic rings.